The van der Waals surface area contributed by atoms with Gasteiger partial charge < -0.3 is 0 Å². The van der Waals surface area contributed by atoms with E-state index in [1.54, 1.807) is 6.08 Å². The lowest BCUT2D eigenvalue weighted by atomic mass is 9.69. The maximum atomic E-state index is 10.4. The largest absolute Gasteiger partial charge is 0.299 e. The summed E-state index contributed by atoms with van der Waals surface area (Å²) in [6.07, 6.45) is 18.9. The van der Waals surface area contributed by atoms with Gasteiger partial charge in [-0.3, -0.25) is 4.79 Å². The molecule has 0 aromatic rings. The number of carbonyl (C=O) groups excluding carboxylic acids is 1. The van der Waals surface area contributed by atoms with E-state index in [-0.39, 0.29) is 0 Å². The van der Waals surface area contributed by atoms with Gasteiger partial charge in [0.1, 0.15) is 6.29 Å². The van der Waals surface area contributed by atoms with E-state index in [2.05, 4.69) is 13.0 Å². The summed E-state index contributed by atoms with van der Waals surface area (Å²) in [7, 11) is 0. The fraction of sp³-hybridized carbons (Fsp3) is 0.833. The number of hydrogen-bond acceptors (Lipinski definition) is 1. The van der Waals surface area contributed by atoms with Crippen LogP contribution >= 0.6 is 0 Å². The number of hydrogen-bond donors (Lipinski definition) is 0. The number of rotatable bonds is 5. The second-order valence-corrected chi connectivity index (χ2v) is 6.77. The second kappa shape index (κ2) is 7.87. The highest BCUT2D eigenvalue weighted by atomic mass is 16.1. The molecule has 0 N–H and O–H groups in total. The molecule has 0 amide bonds. The van der Waals surface area contributed by atoms with Crippen molar-refractivity contribution in [3.63, 3.8) is 0 Å². The first kappa shape index (κ1) is 14.8. The van der Waals surface area contributed by atoms with Gasteiger partial charge in [0.2, 0.25) is 0 Å². The number of allylic oxidation sites excluding steroid dienone is 2. The molecule has 2 aliphatic carbocycles. The van der Waals surface area contributed by atoms with Crippen molar-refractivity contribution in [1.82, 2.24) is 0 Å². The summed E-state index contributed by atoms with van der Waals surface area (Å²) in [6.45, 7) is 2.32. The summed E-state index contributed by atoms with van der Waals surface area (Å²) in [6, 6.07) is 0. The Balaban J connectivity index is 1.70. The topological polar surface area (TPSA) is 17.1 Å². The highest BCUT2D eigenvalue weighted by molar-refractivity contribution is 5.64. The Morgan fingerprint density at radius 3 is 2.00 bits per heavy atom. The van der Waals surface area contributed by atoms with E-state index < -0.39 is 0 Å². The molecule has 0 saturated heterocycles. The summed E-state index contributed by atoms with van der Waals surface area (Å²) >= 11 is 0. The lowest BCUT2D eigenvalue weighted by Crippen LogP contribution is -2.25. The van der Waals surface area contributed by atoms with Gasteiger partial charge in [-0.15, -0.1) is 0 Å². The van der Waals surface area contributed by atoms with Gasteiger partial charge in [-0.05, 0) is 68.3 Å². The van der Waals surface area contributed by atoms with Gasteiger partial charge in [0.15, 0.2) is 0 Å². The van der Waals surface area contributed by atoms with Crippen LogP contribution in [0.15, 0.2) is 12.2 Å². The maximum absolute atomic E-state index is 10.4. The average molecular weight is 262 g/mol. The summed E-state index contributed by atoms with van der Waals surface area (Å²) in [5.41, 5.74) is 0. The quantitative estimate of drug-likeness (QED) is 0.494. The van der Waals surface area contributed by atoms with Crippen LogP contribution in [-0.2, 0) is 4.79 Å². The molecule has 2 saturated carbocycles. The molecule has 2 fully saturated rings. The third-order valence-electron chi connectivity index (χ3n) is 5.53. The zero-order valence-corrected chi connectivity index (χ0v) is 12.5. The first-order valence-corrected chi connectivity index (χ1v) is 8.45. The monoisotopic (exact) mass is 262 g/mol. The molecule has 0 aromatic heterocycles. The minimum Gasteiger partial charge on any atom is -0.299 e. The van der Waals surface area contributed by atoms with E-state index in [4.69, 9.17) is 0 Å². The van der Waals surface area contributed by atoms with E-state index in [0.29, 0.717) is 5.92 Å². The highest BCUT2D eigenvalue weighted by Crippen LogP contribution is 2.42. The zero-order valence-electron chi connectivity index (χ0n) is 12.5. The third-order valence-corrected chi connectivity index (χ3v) is 5.53. The van der Waals surface area contributed by atoms with Crippen molar-refractivity contribution in [2.24, 2.45) is 23.7 Å². The van der Waals surface area contributed by atoms with Crippen LogP contribution in [-0.4, -0.2) is 6.29 Å². The molecule has 1 heteroatoms. The molecule has 0 aliphatic heterocycles. The lowest BCUT2D eigenvalue weighted by molar-refractivity contribution is -0.104. The molecule has 0 spiro atoms. The summed E-state index contributed by atoms with van der Waals surface area (Å²) < 4.78 is 0. The van der Waals surface area contributed by atoms with Crippen LogP contribution in [0.25, 0.3) is 0 Å². The van der Waals surface area contributed by atoms with Crippen LogP contribution in [0, 0.1) is 23.7 Å². The van der Waals surface area contributed by atoms with Crippen molar-refractivity contribution < 1.29 is 4.79 Å². The Labute approximate surface area is 118 Å². The van der Waals surface area contributed by atoms with Gasteiger partial charge in [0.05, 0.1) is 0 Å². The predicted octanol–water partition coefficient (Wildman–Crippen LogP) is 5.15. The Hall–Kier alpha value is -0.590. The second-order valence-electron chi connectivity index (χ2n) is 6.77. The fourth-order valence-corrected chi connectivity index (χ4v) is 4.37. The van der Waals surface area contributed by atoms with Crippen molar-refractivity contribution in [3.8, 4) is 0 Å². The third kappa shape index (κ3) is 4.47. The smallest absolute Gasteiger partial charge is 0.142 e. The highest BCUT2D eigenvalue weighted by Gasteiger charge is 2.29. The van der Waals surface area contributed by atoms with Gasteiger partial charge in [-0.2, -0.15) is 0 Å². The van der Waals surface area contributed by atoms with E-state index in [9.17, 15) is 4.79 Å². The van der Waals surface area contributed by atoms with Gasteiger partial charge >= 0.3 is 0 Å². The van der Waals surface area contributed by atoms with Crippen LogP contribution in [0.1, 0.15) is 71.1 Å². The molecule has 0 heterocycles. The van der Waals surface area contributed by atoms with Crippen molar-refractivity contribution >= 4 is 6.29 Å². The first-order valence-electron chi connectivity index (χ1n) is 8.45. The van der Waals surface area contributed by atoms with Crippen molar-refractivity contribution in [1.29, 1.82) is 0 Å². The molecule has 0 bridgehead atoms. The molecular formula is C18H30O. The summed E-state index contributed by atoms with van der Waals surface area (Å²) in [4.78, 5) is 10.4. The van der Waals surface area contributed by atoms with E-state index in [1.165, 1.54) is 64.2 Å². The minimum atomic E-state index is 0.679. The molecule has 0 radical (unpaired) electrons. The van der Waals surface area contributed by atoms with Crippen molar-refractivity contribution in [2.75, 3.05) is 0 Å². The molecule has 0 unspecified atom stereocenters. The molecular weight excluding hydrogens is 232 g/mol. The molecule has 108 valence electrons. The fourth-order valence-electron chi connectivity index (χ4n) is 4.37. The SMILES string of the molecule is CCCC1CCC(C2CCC(C=CC=O)CC2)CC1. The normalized spacial score (nSPS) is 36.5. The molecule has 2 aliphatic rings. The molecule has 0 atom stereocenters. The first-order chi connectivity index (χ1) is 9.33. The Morgan fingerprint density at radius 2 is 1.47 bits per heavy atom. The molecule has 19 heavy (non-hydrogen) atoms. The number of aldehydes is 1. The molecule has 0 aromatic carbocycles. The predicted molar refractivity (Wildman–Crippen MR) is 81.0 cm³/mol. The van der Waals surface area contributed by atoms with Gasteiger partial charge in [-0.1, -0.05) is 38.7 Å². The van der Waals surface area contributed by atoms with E-state index in [1.807, 2.05) is 0 Å². The number of carbonyl (C=O) groups is 1. The molecule has 1 nitrogen and oxygen atoms in total. The summed E-state index contributed by atoms with van der Waals surface area (Å²) in [5, 5.41) is 0. The van der Waals surface area contributed by atoms with Crippen LogP contribution in [0.5, 0.6) is 0 Å². The zero-order chi connectivity index (χ0) is 13.5. The minimum absolute atomic E-state index is 0.679. The van der Waals surface area contributed by atoms with Crippen LogP contribution in [0.3, 0.4) is 0 Å². The van der Waals surface area contributed by atoms with Crippen LogP contribution in [0.4, 0.5) is 0 Å². The lowest BCUT2D eigenvalue weighted by Gasteiger charge is -2.37. The Morgan fingerprint density at radius 1 is 0.895 bits per heavy atom. The Bertz CT molecular complexity index is 278. The van der Waals surface area contributed by atoms with Crippen molar-refractivity contribution in [3.05, 3.63) is 12.2 Å². The molecule has 2 rings (SSSR count). The van der Waals surface area contributed by atoms with Crippen LogP contribution < -0.4 is 0 Å². The average Bonchev–Trinajstić information content (AvgIpc) is 2.47. The van der Waals surface area contributed by atoms with E-state index >= 15 is 0 Å². The van der Waals surface area contributed by atoms with Gasteiger partial charge in [0, 0.05) is 0 Å². The van der Waals surface area contributed by atoms with Crippen molar-refractivity contribution in [2.45, 2.75) is 71.1 Å². The van der Waals surface area contributed by atoms with Gasteiger partial charge in [-0.25, -0.2) is 0 Å². The van der Waals surface area contributed by atoms with Gasteiger partial charge in [0.25, 0.3) is 0 Å². The summed E-state index contributed by atoms with van der Waals surface area (Å²) in [5.74, 6) is 3.72. The maximum Gasteiger partial charge on any atom is 0.142 e. The van der Waals surface area contributed by atoms with E-state index in [0.717, 1.165) is 24.0 Å². The standard InChI is InChI=1S/C18H30O/c1-2-4-15-6-10-17(11-7-15)18-12-8-16(9-13-18)5-3-14-19/h3,5,14-18H,2,4,6-13H2,1H3. The van der Waals surface area contributed by atoms with Crippen LogP contribution in [0.2, 0.25) is 0 Å². The Kier molecular flexibility index (Phi) is 6.13.